The number of piperazine rings is 1. The summed E-state index contributed by atoms with van der Waals surface area (Å²) < 4.78 is 0. The van der Waals surface area contributed by atoms with Crippen molar-refractivity contribution in [1.29, 1.82) is 0 Å². The van der Waals surface area contributed by atoms with Gasteiger partial charge < -0.3 is 20.1 Å². The number of aromatic nitrogens is 5. The van der Waals surface area contributed by atoms with Crippen LogP contribution in [0.25, 0.3) is 33.2 Å². The molecule has 0 spiro atoms. The summed E-state index contributed by atoms with van der Waals surface area (Å²) in [6, 6.07) is 13.4. The number of likely N-dealkylation sites (N-methyl/N-ethyl adjacent to an activating group) is 1. The van der Waals surface area contributed by atoms with Gasteiger partial charge in [0, 0.05) is 78.4 Å². The largest absolute Gasteiger partial charge is 0.354 e. The van der Waals surface area contributed by atoms with E-state index in [0.717, 1.165) is 70.9 Å². The molecule has 1 aliphatic rings. The van der Waals surface area contributed by atoms with E-state index >= 15 is 0 Å². The van der Waals surface area contributed by atoms with Crippen molar-refractivity contribution < 1.29 is 4.79 Å². The van der Waals surface area contributed by atoms with Crippen molar-refractivity contribution >= 4 is 39.5 Å². The summed E-state index contributed by atoms with van der Waals surface area (Å²) in [7, 11) is 2.11. The number of aromatic amines is 1. The van der Waals surface area contributed by atoms with E-state index in [1.807, 2.05) is 31.3 Å². The molecular formula is C27H26N8O. The highest BCUT2D eigenvalue weighted by Gasteiger charge is 2.17. The van der Waals surface area contributed by atoms with E-state index in [1.54, 1.807) is 24.5 Å². The quantitative estimate of drug-likeness (QED) is 0.404. The molecule has 9 heteroatoms. The summed E-state index contributed by atoms with van der Waals surface area (Å²) in [6.07, 6.45) is 5.22. The zero-order valence-electron chi connectivity index (χ0n) is 20.2. The number of anilines is 2. The van der Waals surface area contributed by atoms with Crippen molar-refractivity contribution in [1.82, 2.24) is 29.8 Å². The SMILES string of the molecule is Cc1cc2cc(-c3ccc4cnc(NC(=O)c5ccnc(N6CCN(C)CC6)c5)cc4n3)cnc2[nH]1. The van der Waals surface area contributed by atoms with E-state index in [9.17, 15) is 4.79 Å². The first-order chi connectivity index (χ1) is 17.5. The number of aryl methyl sites for hydroxylation is 1. The second-order valence-electron chi connectivity index (χ2n) is 9.22. The first-order valence-corrected chi connectivity index (χ1v) is 12.0. The molecule has 5 aromatic rings. The summed E-state index contributed by atoms with van der Waals surface area (Å²) in [5.74, 6) is 1.04. The Morgan fingerprint density at radius 1 is 0.944 bits per heavy atom. The lowest BCUT2D eigenvalue weighted by molar-refractivity contribution is 0.102. The van der Waals surface area contributed by atoms with Gasteiger partial charge in [-0.3, -0.25) is 4.79 Å². The first kappa shape index (κ1) is 22.1. The molecule has 0 aromatic carbocycles. The van der Waals surface area contributed by atoms with Crippen molar-refractivity contribution in [2.45, 2.75) is 6.92 Å². The van der Waals surface area contributed by atoms with E-state index in [-0.39, 0.29) is 5.91 Å². The summed E-state index contributed by atoms with van der Waals surface area (Å²) in [4.78, 5) is 39.0. The molecular weight excluding hydrogens is 452 g/mol. The number of hydrogen-bond acceptors (Lipinski definition) is 7. The minimum atomic E-state index is -0.228. The fraction of sp³-hybridized carbons (Fsp3) is 0.222. The van der Waals surface area contributed by atoms with E-state index in [0.29, 0.717) is 11.4 Å². The van der Waals surface area contributed by atoms with Crippen molar-refractivity contribution in [2.75, 3.05) is 43.4 Å². The highest BCUT2D eigenvalue weighted by atomic mass is 16.1. The topological polar surface area (TPSA) is 103 Å². The van der Waals surface area contributed by atoms with Crippen LogP contribution in [0.3, 0.4) is 0 Å². The number of rotatable bonds is 4. The normalized spacial score (nSPS) is 14.4. The number of nitrogens with one attached hydrogen (secondary N) is 2. The molecule has 6 rings (SSSR count). The monoisotopic (exact) mass is 478 g/mol. The third-order valence-corrected chi connectivity index (χ3v) is 6.55. The molecule has 1 saturated heterocycles. The predicted molar refractivity (Wildman–Crippen MR) is 141 cm³/mol. The Labute approximate surface area is 208 Å². The minimum Gasteiger partial charge on any atom is -0.354 e. The van der Waals surface area contributed by atoms with Gasteiger partial charge in [-0.25, -0.2) is 19.9 Å². The van der Waals surface area contributed by atoms with Gasteiger partial charge in [0.25, 0.3) is 5.91 Å². The molecule has 1 aliphatic heterocycles. The van der Waals surface area contributed by atoms with Gasteiger partial charge in [-0.2, -0.15) is 0 Å². The molecule has 0 atom stereocenters. The number of nitrogens with zero attached hydrogens (tertiary/aromatic N) is 6. The van der Waals surface area contributed by atoms with E-state index in [2.05, 4.69) is 54.2 Å². The van der Waals surface area contributed by atoms with Gasteiger partial charge in [-0.1, -0.05) is 0 Å². The van der Waals surface area contributed by atoms with Gasteiger partial charge in [0.05, 0.1) is 11.2 Å². The number of fused-ring (bicyclic) bond motifs is 2. The molecule has 9 nitrogen and oxygen atoms in total. The van der Waals surface area contributed by atoms with Crippen LogP contribution in [0.1, 0.15) is 16.1 Å². The second kappa shape index (κ2) is 9.01. The maximum absolute atomic E-state index is 13.0. The maximum atomic E-state index is 13.0. The second-order valence-corrected chi connectivity index (χ2v) is 9.22. The Kier molecular flexibility index (Phi) is 5.54. The molecule has 6 heterocycles. The molecule has 0 unspecified atom stereocenters. The highest BCUT2D eigenvalue weighted by molar-refractivity contribution is 6.04. The third-order valence-electron chi connectivity index (χ3n) is 6.55. The molecule has 5 aromatic heterocycles. The number of pyridine rings is 4. The van der Waals surface area contributed by atoms with Gasteiger partial charge in [-0.05, 0) is 50.4 Å². The molecule has 1 fully saturated rings. The van der Waals surface area contributed by atoms with Gasteiger partial charge in [0.2, 0.25) is 0 Å². The summed E-state index contributed by atoms with van der Waals surface area (Å²) >= 11 is 0. The van der Waals surface area contributed by atoms with E-state index in [1.165, 1.54) is 0 Å². The Morgan fingerprint density at radius 2 is 1.81 bits per heavy atom. The summed E-state index contributed by atoms with van der Waals surface area (Å²) in [5, 5.41) is 4.85. The van der Waals surface area contributed by atoms with Crippen LogP contribution in [0.15, 0.2) is 61.1 Å². The third kappa shape index (κ3) is 4.36. The Bertz CT molecular complexity index is 1590. The van der Waals surface area contributed by atoms with E-state index < -0.39 is 0 Å². The fourth-order valence-corrected chi connectivity index (χ4v) is 4.49. The van der Waals surface area contributed by atoms with Crippen LogP contribution in [-0.4, -0.2) is 69.0 Å². The standard InChI is InChI=1S/C27H26N8O/c1-17-11-20-12-21(16-30-26(20)31-17)22-4-3-19-15-29-24(14-23(19)32-22)33-27(36)18-5-6-28-25(13-18)35-9-7-34(2)8-10-35/h3-6,11-16H,7-10H2,1-2H3,(H,30,31)(H,29,33,36). The molecule has 0 radical (unpaired) electrons. The number of carbonyl (C=O) groups excluding carboxylic acids is 1. The molecule has 180 valence electrons. The van der Waals surface area contributed by atoms with Crippen LogP contribution in [0.4, 0.5) is 11.6 Å². The van der Waals surface area contributed by atoms with Gasteiger partial charge >= 0.3 is 0 Å². The van der Waals surface area contributed by atoms with Crippen LogP contribution < -0.4 is 10.2 Å². The maximum Gasteiger partial charge on any atom is 0.257 e. The van der Waals surface area contributed by atoms with Gasteiger partial charge in [0.15, 0.2) is 0 Å². The van der Waals surface area contributed by atoms with E-state index in [4.69, 9.17) is 4.98 Å². The average Bonchev–Trinajstić information content (AvgIpc) is 3.28. The number of H-pyrrole nitrogens is 1. The molecule has 2 N–H and O–H groups in total. The number of carbonyl (C=O) groups is 1. The van der Waals surface area contributed by atoms with Crippen LogP contribution in [0.5, 0.6) is 0 Å². The lowest BCUT2D eigenvalue weighted by Gasteiger charge is -2.33. The Morgan fingerprint density at radius 3 is 2.67 bits per heavy atom. The number of hydrogen-bond donors (Lipinski definition) is 2. The lowest BCUT2D eigenvalue weighted by Crippen LogP contribution is -2.44. The molecule has 0 saturated carbocycles. The van der Waals surface area contributed by atoms with Crippen molar-refractivity contribution in [3.8, 4) is 11.3 Å². The number of amides is 1. The molecule has 1 amide bonds. The van der Waals surface area contributed by atoms with Crippen LogP contribution >= 0.6 is 0 Å². The molecule has 0 aliphatic carbocycles. The smallest absolute Gasteiger partial charge is 0.257 e. The van der Waals surface area contributed by atoms with Gasteiger partial charge in [0.1, 0.15) is 17.3 Å². The fourth-order valence-electron chi connectivity index (χ4n) is 4.49. The van der Waals surface area contributed by atoms with Crippen molar-refractivity contribution in [3.63, 3.8) is 0 Å². The zero-order chi connectivity index (χ0) is 24.6. The first-order valence-electron chi connectivity index (χ1n) is 12.0. The average molecular weight is 479 g/mol. The molecule has 36 heavy (non-hydrogen) atoms. The Hall–Kier alpha value is -4.37. The minimum absolute atomic E-state index is 0.228. The summed E-state index contributed by atoms with van der Waals surface area (Å²) in [5.41, 5.74) is 4.96. The van der Waals surface area contributed by atoms with Crippen molar-refractivity contribution in [3.05, 3.63) is 72.3 Å². The van der Waals surface area contributed by atoms with Crippen LogP contribution in [0, 0.1) is 6.92 Å². The summed E-state index contributed by atoms with van der Waals surface area (Å²) in [6.45, 7) is 5.74. The lowest BCUT2D eigenvalue weighted by atomic mass is 10.1. The predicted octanol–water partition coefficient (Wildman–Crippen LogP) is 3.88. The van der Waals surface area contributed by atoms with Crippen LogP contribution in [0.2, 0.25) is 0 Å². The van der Waals surface area contributed by atoms with Crippen LogP contribution in [-0.2, 0) is 0 Å². The molecule has 0 bridgehead atoms. The van der Waals surface area contributed by atoms with Crippen molar-refractivity contribution in [2.24, 2.45) is 0 Å². The van der Waals surface area contributed by atoms with Gasteiger partial charge in [-0.15, -0.1) is 0 Å². The zero-order valence-corrected chi connectivity index (χ0v) is 20.2. The Balaban J connectivity index is 1.24. The highest BCUT2D eigenvalue weighted by Crippen LogP contribution is 2.25.